The van der Waals surface area contributed by atoms with Gasteiger partial charge in [0.05, 0.1) is 18.7 Å². The molecule has 6 heteroatoms. The maximum absolute atomic E-state index is 13.5. The van der Waals surface area contributed by atoms with Gasteiger partial charge in [0.2, 0.25) is 0 Å². The van der Waals surface area contributed by atoms with E-state index in [4.69, 9.17) is 4.74 Å². The number of ether oxygens (including phenoxy) is 1. The number of likely N-dealkylation sites (tertiary alicyclic amines) is 1. The molecule has 4 rings (SSSR count). The van der Waals surface area contributed by atoms with Gasteiger partial charge in [0, 0.05) is 31.9 Å². The summed E-state index contributed by atoms with van der Waals surface area (Å²) in [5.74, 6) is -0.751. The van der Waals surface area contributed by atoms with Crippen molar-refractivity contribution in [3.63, 3.8) is 0 Å². The molecule has 0 saturated carbocycles. The van der Waals surface area contributed by atoms with Gasteiger partial charge in [-0.25, -0.2) is 0 Å². The van der Waals surface area contributed by atoms with E-state index in [1.807, 2.05) is 92.6 Å². The standard InChI is InChI=1S/C32H36N2O4/c1-20-8-13-23(32(2,3)4)18-26(20)29(35)27-28(22-11-14-24(15-12-22)33(5)6)34(31(37)30(27)36)19-21-9-16-25(38-7)17-10-21/h8-18,28,35H,19H2,1-7H3/b29-27+. The molecule has 0 spiro atoms. The van der Waals surface area contributed by atoms with Crippen LogP contribution >= 0.6 is 0 Å². The molecule has 1 aliphatic rings. The van der Waals surface area contributed by atoms with Gasteiger partial charge < -0.3 is 19.6 Å². The Hall–Kier alpha value is -4.06. The lowest BCUT2D eigenvalue weighted by atomic mass is 9.84. The fraction of sp³-hybridized carbons (Fsp3) is 0.312. The lowest BCUT2D eigenvalue weighted by molar-refractivity contribution is -0.140. The third-order valence-electron chi connectivity index (χ3n) is 7.14. The van der Waals surface area contributed by atoms with Crippen molar-refractivity contribution < 1.29 is 19.4 Å². The highest BCUT2D eigenvalue weighted by Gasteiger charge is 2.46. The first-order valence-electron chi connectivity index (χ1n) is 12.7. The number of benzene rings is 3. The fourth-order valence-corrected chi connectivity index (χ4v) is 4.76. The molecule has 6 nitrogen and oxygen atoms in total. The van der Waals surface area contributed by atoms with Crippen LogP contribution in [0.25, 0.3) is 5.76 Å². The smallest absolute Gasteiger partial charge is 0.295 e. The summed E-state index contributed by atoms with van der Waals surface area (Å²) >= 11 is 0. The zero-order valence-corrected chi connectivity index (χ0v) is 23.2. The van der Waals surface area contributed by atoms with Crippen LogP contribution in [0.3, 0.4) is 0 Å². The van der Waals surface area contributed by atoms with Crippen LogP contribution in [-0.4, -0.2) is 42.9 Å². The van der Waals surface area contributed by atoms with Gasteiger partial charge in [-0.15, -0.1) is 0 Å². The van der Waals surface area contributed by atoms with E-state index in [9.17, 15) is 14.7 Å². The molecule has 1 aliphatic heterocycles. The number of nitrogens with zero attached hydrogens (tertiary/aromatic N) is 2. The van der Waals surface area contributed by atoms with Crippen molar-refractivity contribution >= 4 is 23.1 Å². The molecule has 1 amide bonds. The molecule has 38 heavy (non-hydrogen) atoms. The minimum Gasteiger partial charge on any atom is -0.507 e. The average Bonchev–Trinajstić information content (AvgIpc) is 3.13. The van der Waals surface area contributed by atoms with Gasteiger partial charge in [0.1, 0.15) is 11.5 Å². The number of anilines is 1. The number of carbonyl (C=O) groups is 2. The number of methoxy groups -OCH3 is 1. The van der Waals surface area contributed by atoms with Crippen molar-refractivity contribution in [3.8, 4) is 5.75 Å². The number of aliphatic hydroxyl groups is 1. The molecule has 198 valence electrons. The Morgan fingerprint density at radius 1 is 0.974 bits per heavy atom. The highest BCUT2D eigenvalue weighted by molar-refractivity contribution is 6.46. The molecule has 1 N–H and O–H groups in total. The number of aryl methyl sites for hydroxylation is 1. The van der Waals surface area contributed by atoms with Crippen molar-refractivity contribution in [2.24, 2.45) is 0 Å². The van der Waals surface area contributed by atoms with Gasteiger partial charge in [-0.05, 0) is 64.9 Å². The molecule has 0 aliphatic carbocycles. The van der Waals surface area contributed by atoms with E-state index in [0.717, 1.165) is 27.9 Å². The normalized spacial score (nSPS) is 17.1. The molecule has 0 radical (unpaired) electrons. The predicted molar refractivity (Wildman–Crippen MR) is 151 cm³/mol. The predicted octanol–water partition coefficient (Wildman–Crippen LogP) is 5.99. The number of rotatable bonds is 6. The van der Waals surface area contributed by atoms with Crippen LogP contribution in [0.2, 0.25) is 0 Å². The largest absolute Gasteiger partial charge is 0.507 e. The molecular formula is C32H36N2O4. The van der Waals surface area contributed by atoms with Crippen LogP contribution in [0.15, 0.2) is 72.3 Å². The lowest BCUT2D eigenvalue weighted by Crippen LogP contribution is -2.29. The highest BCUT2D eigenvalue weighted by atomic mass is 16.5. The van der Waals surface area contributed by atoms with E-state index in [0.29, 0.717) is 11.3 Å². The van der Waals surface area contributed by atoms with E-state index >= 15 is 0 Å². The van der Waals surface area contributed by atoms with Crippen molar-refractivity contribution in [2.75, 3.05) is 26.1 Å². The average molecular weight is 513 g/mol. The molecule has 0 aromatic heterocycles. The second kappa shape index (κ2) is 10.4. The van der Waals surface area contributed by atoms with E-state index in [-0.39, 0.29) is 23.3 Å². The second-order valence-electron chi connectivity index (χ2n) is 11.0. The minimum absolute atomic E-state index is 0.107. The monoisotopic (exact) mass is 512 g/mol. The molecule has 3 aromatic carbocycles. The number of aliphatic hydroxyl groups excluding tert-OH is 1. The Morgan fingerprint density at radius 2 is 1.61 bits per heavy atom. The molecule has 1 heterocycles. The van der Waals surface area contributed by atoms with Gasteiger partial charge in [-0.3, -0.25) is 9.59 Å². The maximum Gasteiger partial charge on any atom is 0.295 e. The second-order valence-corrected chi connectivity index (χ2v) is 11.0. The zero-order chi connectivity index (χ0) is 27.8. The first-order chi connectivity index (χ1) is 17.9. The molecular weight excluding hydrogens is 476 g/mol. The topological polar surface area (TPSA) is 70.1 Å². The molecule has 0 bridgehead atoms. The zero-order valence-electron chi connectivity index (χ0n) is 23.2. The van der Waals surface area contributed by atoms with Crippen molar-refractivity contribution in [1.82, 2.24) is 4.90 Å². The Kier molecular flexibility index (Phi) is 7.36. The molecule has 3 aromatic rings. The summed E-state index contributed by atoms with van der Waals surface area (Å²) < 4.78 is 5.26. The number of Topliss-reactive ketones (excluding diaryl/α,β-unsaturated/α-hetero) is 1. The Morgan fingerprint density at radius 3 is 2.16 bits per heavy atom. The first-order valence-corrected chi connectivity index (χ1v) is 12.7. The van der Waals surface area contributed by atoms with Crippen molar-refractivity contribution in [1.29, 1.82) is 0 Å². The highest BCUT2D eigenvalue weighted by Crippen LogP contribution is 2.41. The number of amides is 1. The molecule has 1 fully saturated rings. The summed E-state index contributed by atoms with van der Waals surface area (Å²) in [6.07, 6.45) is 0. The van der Waals surface area contributed by atoms with Crippen LogP contribution < -0.4 is 9.64 Å². The van der Waals surface area contributed by atoms with E-state index in [1.165, 1.54) is 0 Å². The van der Waals surface area contributed by atoms with Gasteiger partial charge >= 0.3 is 0 Å². The quantitative estimate of drug-likeness (QED) is 0.250. The number of carbonyl (C=O) groups excluding carboxylic acids is 2. The number of ketones is 1. The summed E-state index contributed by atoms with van der Waals surface area (Å²) in [4.78, 5) is 30.5. The van der Waals surface area contributed by atoms with Gasteiger partial charge in [0.15, 0.2) is 0 Å². The van der Waals surface area contributed by atoms with Crippen LogP contribution in [0, 0.1) is 6.92 Å². The Bertz CT molecular complexity index is 1380. The van der Waals surface area contributed by atoms with Crippen LogP contribution in [0.5, 0.6) is 5.75 Å². The summed E-state index contributed by atoms with van der Waals surface area (Å²) in [6, 6.07) is 20.3. The SMILES string of the molecule is COc1ccc(CN2C(=O)C(=O)/C(=C(/O)c3cc(C(C)(C)C)ccc3C)C2c2ccc(N(C)C)cc2)cc1. The minimum atomic E-state index is -0.731. The fourth-order valence-electron chi connectivity index (χ4n) is 4.76. The lowest BCUT2D eigenvalue weighted by Gasteiger charge is -2.26. The maximum atomic E-state index is 13.5. The van der Waals surface area contributed by atoms with Gasteiger partial charge in [-0.2, -0.15) is 0 Å². The molecule has 1 unspecified atom stereocenters. The third-order valence-corrected chi connectivity index (χ3v) is 7.14. The summed E-state index contributed by atoms with van der Waals surface area (Å²) in [6.45, 7) is 8.41. The van der Waals surface area contributed by atoms with Crippen molar-refractivity contribution in [3.05, 3.63) is 100 Å². The van der Waals surface area contributed by atoms with E-state index in [2.05, 4.69) is 20.8 Å². The van der Waals surface area contributed by atoms with E-state index in [1.54, 1.807) is 12.0 Å². The first kappa shape index (κ1) is 27.0. The summed E-state index contributed by atoms with van der Waals surface area (Å²) in [5.41, 5.74) is 5.00. The van der Waals surface area contributed by atoms with Gasteiger partial charge in [0.25, 0.3) is 11.7 Å². The van der Waals surface area contributed by atoms with Crippen LogP contribution in [0.4, 0.5) is 5.69 Å². The Balaban J connectivity index is 1.88. The summed E-state index contributed by atoms with van der Waals surface area (Å²) in [5, 5.41) is 11.7. The Labute approximate surface area is 225 Å². The third kappa shape index (κ3) is 5.17. The number of hydrogen-bond acceptors (Lipinski definition) is 5. The van der Waals surface area contributed by atoms with Crippen LogP contribution in [-0.2, 0) is 21.5 Å². The molecule has 1 atom stereocenters. The van der Waals surface area contributed by atoms with Crippen LogP contribution in [0.1, 0.15) is 54.6 Å². The van der Waals surface area contributed by atoms with Gasteiger partial charge in [-0.1, -0.05) is 57.2 Å². The van der Waals surface area contributed by atoms with E-state index < -0.39 is 17.7 Å². The van der Waals surface area contributed by atoms with Crippen molar-refractivity contribution in [2.45, 2.75) is 45.7 Å². The summed E-state index contributed by atoms with van der Waals surface area (Å²) in [7, 11) is 5.51. The molecule has 1 saturated heterocycles. The number of hydrogen-bond donors (Lipinski definition) is 1.